The van der Waals surface area contributed by atoms with Crippen molar-refractivity contribution >= 4 is 11.8 Å². The summed E-state index contributed by atoms with van der Waals surface area (Å²) in [6, 6.07) is 7.39. The first-order valence-electron chi connectivity index (χ1n) is 7.09. The van der Waals surface area contributed by atoms with Crippen molar-refractivity contribution < 1.29 is 4.74 Å². The summed E-state index contributed by atoms with van der Waals surface area (Å²) in [4.78, 5) is 0. The van der Waals surface area contributed by atoms with E-state index >= 15 is 0 Å². The predicted molar refractivity (Wildman–Crippen MR) is 84.2 cm³/mol. The lowest BCUT2D eigenvalue weighted by molar-refractivity contribution is 0.394. The molecule has 2 rings (SSSR count). The summed E-state index contributed by atoms with van der Waals surface area (Å²) in [6.45, 7) is 4.38. The molecule has 1 aromatic carbocycles. The van der Waals surface area contributed by atoms with Gasteiger partial charge in [-0.15, -0.1) is 0 Å². The van der Waals surface area contributed by atoms with E-state index in [9.17, 15) is 0 Å². The minimum absolute atomic E-state index is 0.340. The summed E-state index contributed by atoms with van der Waals surface area (Å²) < 4.78 is 5.49. The minimum atomic E-state index is 0.340. The molecule has 0 aromatic heterocycles. The van der Waals surface area contributed by atoms with Crippen molar-refractivity contribution in [2.75, 3.05) is 13.4 Å². The van der Waals surface area contributed by atoms with E-state index in [1.807, 2.05) is 11.8 Å². The molecule has 0 spiro atoms. The smallest absolute Gasteiger partial charge is 0.123 e. The fourth-order valence-corrected chi connectivity index (χ4v) is 3.95. The molecule has 2 nitrogen and oxygen atoms in total. The van der Waals surface area contributed by atoms with Crippen LogP contribution < -0.4 is 10.1 Å². The van der Waals surface area contributed by atoms with Gasteiger partial charge in [-0.1, -0.05) is 24.1 Å². The summed E-state index contributed by atoms with van der Waals surface area (Å²) in [5.41, 5.74) is 2.56. The van der Waals surface area contributed by atoms with E-state index in [4.69, 9.17) is 4.74 Å². The van der Waals surface area contributed by atoms with Crippen LogP contribution in [0.5, 0.6) is 5.75 Å². The van der Waals surface area contributed by atoms with Crippen molar-refractivity contribution in [2.24, 2.45) is 0 Å². The second kappa shape index (κ2) is 6.67. The van der Waals surface area contributed by atoms with E-state index < -0.39 is 0 Å². The molecule has 0 aliphatic heterocycles. The number of hydrogen-bond donors (Lipinski definition) is 1. The van der Waals surface area contributed by atoms with Crippen LogP contribution in [-0.2, 0) is 0 Å². The molecule has 1 fully saturated rings. The molecule has 0 bridgehead atoms. The van der Waals surface area contributed by atoms with E-state index in [2.05, 4.69) is 43.6 Å². The van der Waals surface area contributed by atoms with Crippen molar-refractivity contribution in [3.8, 4) is 5.75 Å². The first-order valence-corrected chi connectivity index (χ1v) is 8.38. The Balaban J connectivity index is 2.11. The summed E-state index contributed by atoms with van der Waals surface area (Å²) in [7, 11) is 1.75. The highest BCUT2D eigenvalue weighted by Gasteiger charge is 2.28. The van der Waals surface area contributed by atoms with Crippen molar-refractivity contribution in [3.05, 3.63) is 29.3 Å². The van der Waals surface area contributed by atoms with Gasteiger partial charge in [-0.2, -0.15) is 11.8 Å². The second-order valence-electron chi connectivity index (χ2n) is 5.45. The maximum atomic E-state index is 5.49. The van der Waals surface area contributed by atoms with Gasteiger partial charge in [0, 0.05) is 22.9 Å². The molecular weight excluding hydrogens is 254 g/mol. The number of hydrogen-bond acceptors (Lipinski definition) is 3. The van der Waals surface area contributed by atoms with Crippen LogP contribution in [0.1, 0.15) is 43.4 Å². The average Bonchev–Trinajstić information content (AvgIpc) is 2.85. The lowest BCUT2D eigenvalue weighted by Crippen LogP contribution is -2.36. The van der Waals surface area contributed by atoms with Crippen LogP contribution in [-0.4, -0.2) is 24.7 Å². The fourth-order valence-electron chi connectivity index (χ4n) is 3.00. The molecule has 106 valence electrons. The molecule has 0 radical (unpaired) electrons. The van der Waals surface area contributed by atoms with Gasteiger partial charge in [0.2, 0.25) is 0 Å². The van der Waals surface area contributed by atoms with Gasteiger partial charge in [0.25, 0.3) is 0 Å². The maximum Gasteiger partial charge on any atom is 0.123 e. The number of benzene rings is 1. The Hall–Kier alpha value is -0.670. The SMILES string of the molecule is COc1ccc(C)cc1C(C)NC1CCCC1SC. The zero-order valence-corrected chi connectivity index (χ0v) is 13.2. The van der Waals surface area contributed by atoms with Crippen molar-refractivity contribution in [1.29, 1.82) is 0 Å². The van der Waals surface area contributed by atoms with E-state index in [1.165, 1.54) is 30.4 Å². The highest BCUT2D eigenvalue weighted by atomic mass is 32.2. The quantitative estimate of drug-likeness (QED) is 0.882. The number of rotatable bonds is 5. The topological polar surface area (TPSA) is 21.3 Å². The zero-order chi connectivity index (χ0) is 13.8. The minimum Gasteiger partial charge on any atom is -0.496 e. The van der Waals surface area contributed by atoms with Gasteiger partial charge in [0.15, 0.2) is 0 Å². The van der Waals surface area contributed by atoms with Crippen molar-refractivity contribution in [3.63, 3.8) is 0 Å². The highest BCUT2D eigenvalue weighted by Crippen LogP contribution is 2.32. The van der Waals surface area contributed by atoms with Gasteiger partial charge in [-0.3, -0.25) is 0 Å². The van der Waals surface area contributed by atoms with Crippen LogP contribution in [0.4, 0.5) is 0 Å². The third-order valence-corrected chi connectivity index (χ3v) is 5.24. The molecule has 0 amide bonds. The fraction of sp³-hybridized carbons (Fsp3) is 0.625. The van der Waals surface area contributed by atoms with Crippen LogP contribution in [0.25, 0.3) is 0 Å². The molecule has 19 heavy (non-hydrogen) atoms. The molecule has 3 heteroatoms. The van der Waals surface area contributed by atoms with E-state index in [1.54, 1.807) is 7.11 Å². The molecule has 1 aromatic rings. The zero-order valence-electron chi connectivity index (χ0n) is 12.4. The van der Waals surface area contributed by atoms with Crippen LogP contribution >= 0.6 is 11.8 Å². The molecule has 3 unspecified atom stereocenters. The summed E-state index contributed by atoms with van der Waals surface area (Å²) in [5, 5.41) is 4.56. The van der Waals surface area contributed by atoms with E-state index in [0.717, 1.165) is 11.0 Å². The van der Waals surface area contributed by atoms with Gasteiger partial charge < -0.3 is 10.1 Å². The molecule has 3 atom stereocenters. The summed E-state index contributed by atoms with van der Waals surface area (Å²) in [6.07, 6.45) is 6.21. The van der Waals surface area contributed by atoms with E-state index in [-0.39, 0.29) is 0 Å². The lowest BCUT2D eigenvalue weighted by Gasteiger charge is -2.25. The van der Waals surface area contributed by atoms with Crippen LogP contribution in [0.15, 0.2) is 18.2 Å². The summed E-state index contributed by atoms with van der Waals surface area (Å²) in [5.74, 6) is 0.990. The molecule has 0 heterocycles. The second-order valence-corrected chi connectivity index (χ2v) is 6.52. The number of nitrogens with one attached hydrogen (secondary N) is 1. The largest absolute Gasteiger partial charge is 0.496 e. The third kappa shape index (κ3) is 3.46. The van der Waals surface area contributed by atoms with Gasteiger partial charge in [0.05, 0.1) is 7.11 Å². The molecule has 1 aliphatic rings. The number of thioether (sulfide) groups is 1. The number of ether oxygens (including phenoxy) is 1. The standard InChI is InChI=1S/C16H25NOS/c1-11-8-9-15(18-3)13(10-11)12(2)17-14-6-5-7-16(14)19-4/h8-10,12,14,16-17H,5-7H2,1-4H3. The number of methoxy groups -OCH3 is 1. The normalized spacial score (nSPS) is 24.4. The van der Waals surface area contributed by atoms with Crippen LogP contribution in [0.2, 0.25) is 0 Å². The Kier molecular flexibility index (Phi) is 5.17. The Bertz CT molecular complexity index is 421. The molecule has 0 saturated heterocycles. The van der Waals surface area contributed by atoms with E-state index in [0.29, 0.717) is 12.1 Å². The first kappa shape index (κ1) is 14.7. The highest BCUT2D eigenvalue weighted by molar-refractivity contribution is 7.99. The molecular formula is C16H25NOS. The third-order valence-electron chi connectivity index (χ3n) is 4.07. The van der Waals surface area contributed by atoms with Gasteiger partial charge >= 0.3 is 0 Å². The Morgan fingerprint density at radius 3 is 2.84 bits per heavy atom. The monoisotopic (exact) mass is 279 g/mol. The number of aryl methyl sites for hydroxylation is 1. The molecule has 1 saturated carbocycles. The first-order chi connectivity index (χ1) is 9.15. The Labute approximate surface area is 121 Å². The van der Waals surface area contributed by atoms with Crippen LogP contribution in [0.3, 0.4) is 0 Å². The Morgan fingerprint density at radius 2 is 2.16 bits per heavy atom. The van der Waals surface area contributed by atoms with Crippen LogP contribution in [0, 0.1) is 6.92 Å². The summed E-state index contributed by atoms with van der Waals surface area (Å²) >= 11 is 2.00. The predicted octanol–water partition coefficient (Wildman–Crippen LogP) is 3.94. The maximum absolute atomic E-state index is 5.49. The Morgan fingerprint density at radius 1 is 1.37 bits per heavy atom. The van der Waals surface area contributed by atoms with Crippen molar-refractivity contribution in [1.82, 2.24) is 5.32 Å². The van der Waals surface area contributed by atoms with Gasteiger partial charge in [0.1, 0.15) is 5.75 Å². The lowest BCUT2D eigenvalue weighted by atomic mass is 10.0. The molecule has 1 aliphatic carbocycles. The van der Waals surface area contributed by atoms with Gasteiger partial charge in [-0.25, -0.2) is 0 Å². The molecule has 1 N–H and O–H groups in total. The van der Waals surface area contributed by atoms with Gasteiger partial charge in [-0.05, 0) is 39.0 Å². The van der Waals surface area contributed by atoms with Crippen molar-refractivity contribution in [2.45, 2.75) is 50.4 Å². The average molecular weight is 279 g/mol.